The molecule has 2 aromatic heterocycles. The summed E-state index contributed by atoms with van der Waals surface area (Å²) in [4.78, 5) is 48.3. The molecule has 1 atom stereocenters. The van der Waals surface area contributed by atoms with Crippen molar-refractivity contribution in [3.63, 3.8) is 0 Å². The molecule has 35 heavy (non-hydrogen) atoms. The highest BCUT2D eigenvalue weighted by Gasteiger charge is 2.37. The fourth-order valence-electron chi connectivity index (χ4n) is 3.50. The van der Waals surface area contributed by atoms with Crippen LogP contribution >= 0.6 is 0 Å². The van der Waals surface area contributed by atoms with Crippen LogP contribution in [0.2, 0.25) is 0 Å². The molecule has 0 spiro atoms. The summed E-state index contributed by atoms with van der Waals surface area (Å²) in [5.41, 5.74) is 0.667. The Morgan fingerprint density at radius 2 is 2.03 bits per heavy atom. The highest BCUT2D eigenvalue weighted by atomic mass is 19.4. The predicted molar refractivity (Wildman–Crippen MR) is 120 cm³/mol. The SMILES string of the molecule is C[C@@H](NC(=O)c1ccc2c(n1)N(C(=O)Nc1cc(N3CCOC3=O)ccn1)CCCN2)C(F)(F)F. The third-order valence-corrected chi connectivity index (χ3v) is 5.37. The Morgan fingerprint density at radius 1 is 1.23 bits per heavy atom. The van der Waals surface area contributed by atoms with Crippen LogP contribution in [0.25, 0.3) is 0 Å². The molecule has 11 nitrogen and oxygen atoms in total. The smallest absolute Gasteiger partial charge is 0.414 e. The first-order valence-electron chi connectivity index (χ1n) is 10.7. The molecule has 0 bridgehead atoms. The van der Waals surface area contributed by atoms with Crippen LogP contribution in [0.3, 0.4) is 0 Å². The molecule has 4 heterocycles. The van der Waals surface area contributed by atoms with Gasteiger partial charge in [-0.15, -0.1) is 0 Å². The van der Waals surface area contributed by atoms with E-state index in [2.05, 4.69) is 20.6 Å². The highest BCUT2D eigenvalue weighted by molar-refractivity contribution is 6.04. The number of hydrogen-bond donors (Lipinski definition) is 3. The lowest BCUT2D eigenvalue weighted by Crippen LogP contribution is -2.43. The van der Waals surface area contributed by atoms with E-state index in [1.807, 2.05) is 5.32 Å². The van der Waals surface area contributed by atoms with Crippen molar-refractivity contribution < 1.29 is 32.3 Å². The molecule has 4 rings (SSSR count). The van der Waals surface area contributed by atoms with E-state index < -0.39 is 30.2 Å². The van der Waals surface area contributed by atoms with Gasteiger partial charge in [-0.05, 0) is 31.5 Å². The van der Waals surface area contributed by atoms with Gasteiger partial charge >= 0.3 is 18.3 Å². The van der Waals surface area contributed by atoms with Crippen LogP contribution in [-0.4, -0.2) is 66.5 Å². The van der Waals surface area contributed by atoms with E-state index in [1.54, 1.807) is 6.07 Å². The van der Waals surface area contributed by atoms with E-state index in [1.165, 1.54) is 34.2 Å². The molecule has 0 aliphatic carbocycles. The summed E-state index contributed by atoms with van der Waals surface area (Å²) in [7, 11) is 0. The predicted octanol–water partition coefficient (Wildman–Crippen LogP) is 2.97. The summed E-state index contributed by atoms with van der Waals surface area (Å²) >= 11 is 0. The van der Waals surface area contributed by atoms with Crippen molar-refractivity contribution in [1.29, 1.82) is 0 Å². The molecule has 2 aliphatic rings. The average molecular weight is 493 g/mol. The lowest BCUT2D eigenvalue weighted by molar-refractivity contribution is -0.149. The van der Waals surface area contributed by atoms with E-state index in [0.29, 0.717) is 30.9 Å². The van der Waals surface area contributed by atoms with Gasteiger partial charge in [-0.1, -0.05) is 0 Å². The zero-order valence-corrected chi connectivity index (χ0v) is 18.6. The highest BCUT2D eigenvalue weighted by Crippen LogP contribution is 2.28. The number of rotatable bonds is 4. The number of carbonyl (C=O) groups is 3. The van der Waals surface area contributed by atoms with Crippen molar-refractivity contribution in [1.82, 2.24) is 15.3 Å². The van der Waals surface area contributed by atoms with Crippen LogP contribution in [0.15, 0.2) is 30.5 Å². The van der Waals surface area contributed by atoms with E-state index in [0.717, 1.165) is 6.92 Å². The number of fused-ring (bicyclic) bond motifs is 1. The molecule has 1 saturated heterocycles. The maximum Gasteiger partial charge on any atom is 0.414 e. The molecule has 0 aromatic carbocycles. The molecule has 2 aromatic rings. The normalized spacial score (nSPS) is 16.5. The van der Waals surface area contributed by atoms with Gasteiger partial charge in [0.15, 0.2) is 5.82 Å². The minimum absolute atomic E-state index is 0.0894. The largest absolute Gasteiger partial charge is 0.447 e. The van der Waals surface area contributed by atoms with Gasteiger partial charge < -0.3 is 15.4 Å². The van der Waals surface area contributed by atoms with Gasteiger partial charge in [-0.25, -0.2) is 19.6 Å². The molecule has 0 radical (unpaired) electrons. The topological polar surface area (TPSA) is 129 Å². The zero-order chi connectivity index (χ0) is 25.2. The van der Waals surface area contributed by atoms with Crippen molar-refractivity contribution in [2.45, 2.75) is 25.6 Å². The van der Waals surface area contributed by atoms with Crippen molar-refractivity contribution in [2.75, 3.05) is 46.7 Å². The van der Waals surface area contributed by atoms with Gasteiger partial charge in [-0.3, -0.25) is 19.9 Å². The molecule has 14 heteroatoms. The lowest BCUT2D eigenvalue weighted by atomic mass is 10.2. The van der Waals surface area contributed by atoms with Gasteiger partial charge in [0.1, 0.15) is 24.2 Å². The number of hydrogen-bond acceptors (Lipinski definition) is 7. The van der Waals surface area contributed by atoms with Gasteiger partial charge in [-0.2, -0.15) is 13.2 Å². The second-order valence-corrected chi connectivity index (χ2v) is 7.83. The fourth-order valence-corrected chi connectivity index (χ4v) is 3.50. The Bertz CT molecular complexity index is 1140. The first-order chi connectivity index (χ1) is 16.6. The second kappa shape index (κ2) is 9.64. The third kappa shape index (κ3) is 5.36. The minimum Gasteiger partial charge on any atom is -0.447 e. The molecule has 186 valence electrons. The summed E-state index contributed by atoms with van der Waals surface area (Å²) in [5.74, 6) is -0.764. The summed E-state index contributed by atoms with van der Waals surface area (Å²) in [5, 5.41) is 7.59. The number of nitrogens with zero attached hydrogens (tertiary/aromatic N) is 4. The average Bonchev–Trinajstić information content (AvgIpc) is 3.12. The minimum atomic E-state index is -4.61. The molecule has 0 saturated carbocycles. The van der Waals surface area contributed by atoms with Gasteiger partial charge in [0.05, 0.1) is 17.9 Å². The number of aromatic nitrogens is 2. The first-order valence-corrected chi connectivity index (χ1v) is 10.7. The number of cyclic esters (lactones) is 1. The van der Waals surface area contributed by atoms with Crippen LogP contribution < -0.4 is 25.8 Å². The van der Waals surface area contributed by atoms with Crippen LogP contribution in [0.1, 0.15) is 23.8 Å². The van der Waals surface area contributed by atoms with Crippen molar-refractivity contribution in [3.05, 3.63) is 36.2 Å². The zero-order valence-electron chi connectivity index (χ0n) is 18.6. The van der Waals surface area contributed by atoms with Crippen LogP contribution in [0.4, 0.5) is 45.8 Å². The Kier molecular flexibility index (Phi) is 6.62. The van der Waals surface area contributed by atoms with E-state index in [9.17, 15) is 27.6 Å². The fraction of sp³-hybridized carbons (Fsp3) is 0.381. The molecular formula is C21H22F3N7O4. The number of alkyl halides is 3. The van der Waals surface area contributed by atoms with Gasteiger partial charge in [0, 0.05) is 25.4 Å². The number of urea groups is 1. The Morgan fingerprint density at radius 3 is 2.74 bits per heavy atom. The van der Waals surface area contributed by atoms with E-state index in [-0.39, 0.29) is 30.5 Å². The maximum atomic E-state index is 13.1. The molecule has 4 amide bonds. The van der Waals surface area contributed by atoms with Crippen LogP contribution in [0.5, 0.6) is 0 Å². The Hall–Kier alpha value is -4.10. The van der Waals surface area contributed by atoms with E-state index in [4.69, 9.17) is 4.74 Å². The standard InChI is InChI=1S/C21H22F3N7O4/c1-12(21(22,23)24)27-18(32)15-4-3-14-17(28-15)31(8-2-6-25-14)19(33)29-16-11-13(5-7-26-16)30-9-10-35-20(30)34/h3-5,7,11-12,25H,2,6,8-10H2,1H3,(H,27,32)(H,26,29,33)/t12-/m1/s1. The summed E-state index contributed by atoms with van der Waals surface area (Å²) in [6.07, 6.45) is -3.14. The molecule has 0 unspecified atom stereocenters. The Labute approximate surface area is 197 Å². The number of anilines is 4. The van der Waals surface area contributed by atoms with Crippen molar-refractivity contribution in [2.24, 2.45) is 0 Å². The number of amides is 4. The van der Waals surface area contributed by atoms with Crippen LogP contribution in [-0.2, 0) is 4.74 Å². The Balaban J connectivity index is 1.55. The maximum absolute atomic E-state index is 13.1. The van der Waals surface area contributed by atoms with Crippen molar-refractivity contribution in [3.8, 4) is 0 Å². The summed E-state index contributed by atoms with van der Waals surface area (Å²) in [6, 6.07) is 3.20. The van der Waals surface area contributed by atoms with Crippen molar-refractivity contribution >= 4 is 41.0 Å². The number of nitrogens with one attached hydrogen (secondary N) is 3. The number of carbonyl (C=O) groups excluding carboxylic acids is 3. The van der Waals surface area contributed by atoms with Gasteiger partial charge in [0.2, 0.25) is 0 Å². The monoisotopic (exact) mass is 493 g/mol. The number of pyridine rings is 2. The third-order valence-electron chi connectivity index (χ3n) is 5.37. The molecule has 3 N–H and O–H groups in total. The quantitative estimate of drug-likeness (QED) is 0.597. The summed E-state index contributed by atoms with van der Waals surface area (Å²) < 4.78 is 43.4. The van der Waals surface area contributed by atoms with E-state index >= 15 is 0 Å². The summed E-state index contributed by atoms with van der Waals surface area (Å²) in [6.45, 7) is 2.18. The molecular weight excluding hydrogens is 471 g/mol. The van der Waals surface area contributed by atoms with Crippen LogP contribution in [0, 0.1) is 0 Å². The molecule has 1 fully saturated rings. The second-order valence-electron chi connectivity index (χ2n) is 7.83. The number of halogens is 3. The molecule has 2 aliphatic heterocycles. The number of ether oxygens (including phenoxy) is 1. The van der Waals surface area contributed by atoms with Gasteiger partial charge in [0.25, 0.3) is 5.91 Å². The first kappa shape index (κ1) is 24.0. The lowest BCUT2D eigenvalue weighted by Gasteiger charge is -2.23.